The van der Waals surface area contributed by atoms with Crippen LogP contribution in [0.15, 0.2) is 49.6 Å². The first-order chi connectivity index (χ1) is 12.4. The highest BCUT2D eigenvalue weighted by molar-refractivity contribution is 5.54. The Hall–Kier alpha value is -3.16. The zero-order valence-corrected chi connectivity index (χ0v) is 13.7. The van der Waals surface area contributed by atoms with Gasteiger partial charge in [-0.25, -0.2) is 19.9 Å². The lowest BCUT2D eigenvalue weighted by molar-refractivity contribution is 0.498. The minimum atomic E-state index is 0.275. The van der Waals surface area contributed by atoms with Crippen LogP contribution in [0.2, 0.25) is 0 Å². The van der Waals surface area contributed by atoms with E-state index in [1.165, 1.54) is 0 Å². The summed E-state index contributed by atoms with van der Waals surface area (Å²) in [7, 11) is 0. The third kappa shape index (κ3) is 3.52. The Morgan fingerprint density at radius 1 is 0.960 bits per heavy atom. The molecule has 0 unspecified atom stereocenters. The maximum atomic E-state index is 4.59. The van der Waals surface area contributed by atoms with E-state index < -0.39 is 0 Å². The van der Waals surface area contributed by atoms with Crippen molar-refractivity contribution in [3.63, 3.8) is 0 Å². The van der Waals surface area contributed by atoms with Crippen molar-refractivity contribution in [2.75, 3.05) is 23.3 Å². The molecule has 4 rings (SSSR count). The van der Waals surface area contributed by atoms with E-state index in [1.54, 1.807) is 43.5 Å². The Morgan fingerprint density at radius 2 is 1.88 bits per heavy atom. The lowest BCUT2D eigenvalue weighted by Crippen LogP contribution is -2.35. The molecule has 0 aliphatic carbocycles. The number of hydrogen-bond donors (Lipinski definition) is 1. The van der Waals surface area contributed by atoms with Gasteiger partial charge in [-0.3, -0.25) is 9.97 Å². The summed E-state index contributed by atoms with van der Waals surface area (Å²) in [5.41, 5.74) is 0.951. The second kappa shape index (κ2) is 7.16. The summed E-state index contributed by atoms with van der Waals surface area (Å²) in [4.78, 5) is 28.0. The smallest absolute Gasteiger partial charge is 0.153 e. The van der Waals surface area contributed by atoms with Crippen molar-refractivity contribution in [1.29, 1.82) is 0 Å². The lowest BCUT2D eigenvalue weighted by Gasteiger charge is -2.33. The fourth-order valence-electron chi connectivity index (χ4n) is 3.11. The quantitative estimate of drug-likeness (QED) is 0.776. The zero-order chi connectivity index (χ0) is 16.9. The fraction of sp³-hybridized carbons (Fsp3) is 0.294. The molecule has 8 heteroatoms. The van der Waals surface area contributed by atoms with Crippen molar-refractivity contribution in [2.24, 2.45) is 0 Å². The van der Waals surface area contributed by atoms with Crippen molar-refractivity contribution >= 4 is 17.5 Å². The van der Waals surface area contributed by atoms with E-state index in [0.717, 1.165) is 43.3 Å². The molecule has 25 heavy (non-hydrogen) atoms. The van der Waals surface area contributed by atoms with Gasteiger partial charge in [0.1, 0.15) is 18.0 Å². The number of aromatic nitrogens is 6. The van der Waals surface area contributed by atoms with Gasteiger partial charge in [0.25, 0.3) is 0 Å². The van der Waals surface area contributed by atoms with Gasteiger partial charge in [-0.05, 0) is 18.9 Å². The summed E-state index contributed by atoms with van der Waals surface area (Å²) >= 11 is 0. The molecule has 126 valence electrons. The molecule has 1 aliphatic heterocycles. The Bertz CT molecular complexity index is 811. The van der Waals surface area contributed by atoms with Gasteiger partial charge in [0, 0.05) is 50.0 Å². The molecule has 0 saturated carbocycles. The summed E-state index contributed by atoms with van der Waals surface area (Å²) < 4.78 is 0. The van der Waals surface area contributed by atoms with E-state index in [1.807, 2.05) is 6.07 Å². The molecule has 3 aromatic rings. The molecule has 4 heterocycles. The Balaban J connectivity index is 1.57. The molecular formula is C17H18N8. The fourth-order valence-corrected chi connectivity index (χ4v) is 3.11. The van der Waals surface area contributed by atoms with Crippen LogP contribution in [-0.4, -0.2) is 43.0 Å². The molecule has 8 nitrogen and oxygen atoms in total. The molecule has 0 spiro atoms. The normalized spacial score (nSPS) is 17.3. The molecule has 3 aromatic heterocycles. The standard InChI is InChI=1S/C17H18N8/c1-2-13(11-25(9-1)15-3-4-19-12-23-15)16-17(22-8-7-21-16)24-14-10-18-5-6-20-14/h3-8,10,12-13H,1-2,9,11H2,(H,20,22,24)/t13-/m1/s1. The third-order valence-corrected chi connectivity index (χ3v) is 4.23. The largest absolute Gasteiger partial charge is 0.356 e. The minimum absolute atomic E-state index is 0.275. The molecule has 1 atom stereocenters. The van der Waals surface area contributed by atoms with E-state index in [0.29, 0.717) is 5.82 Å². The number of piperidine rings is 1. The van der Waals surface area contributed by atoms with Crippen LogP contribution in [0.1, 0.15) is 24.5 Å². The number of rotatable bonds is 4. The van der Waals surface area contributed by atoms with Crippen LogP contribution in [-0.2, 0) is 0 Å². The molecule has 1 saturated heterocycles. The SMILES string of the molecule is c1cc(N2CCC[C@@H](c3nccnc3Nc3cnccn3)C2)ncn1. The zero-order valence-electron chi connectivity index (χ0n) is 13.7. The van der Waals surface area contributed by atoms with Crippen molar-refractivity contribution in [1.82, 2.24) is 29.9 Å². The Morgan fingerprint density at radius 3 is 2.72 bits per heavy atom. The van der Waals surface area contributed by atoms with Crippen LogP contribution in [0.4, 0.5) is 17.5 Å². The highest BCUT2D eigenvalue weighted by Crippen LogP contribution is 2.31. The first-order valence-electron chi connectivity index (χ1n) is 8.25. The van der Waals surface area contributed by atoms with Gasteiger partial charge in [0.2, 0.25) is 0 Å². The van der Waals surface area contributed by atoms with Crippen LogP contribution in [0, 0.1) is 0 Å². The van der Waals surface area contributed by atoms with Gasteiger partial charge in [-0.1, -0.05) is 0 Å². The molecule has 0 aromatic carbocycles. The van der Waals surface area contributed by atoms with E-state index in [9.17, 15) is 0 Å². The highest BCUT2D eigenvalue weighted by atomic mass is 15.2. The molecule has 1 aliphatic rings. The monoisotopic (exact) mass is 334 g/mol. The first-order valence-corrected chi connectivity index (χ1v) is 8.25. The van der Waals surface area contributed by atoms with Gasteiger partial charge in [-0.15, -0.1) is 0 Å². The maximum absolute atomic E-state index is 4.59. The van der Waals surface area contributed by atoms with Gasteiger partial charge >= 0.3 is 0 Å². The average Bonchev–Trinajstić information content (AvgIpc) is 2.70. The minimum Gasteiger partial charge on any atom is -0.356 e. The summed E-state index contributed by atoms with van der Waals surface area (Å²) in [5.74, 6) is 2.62. The average molecular weight is 334 g/mol. The van der Waals surface area contributed by atoms with E-state index in [4.69, 9.17) is 0 Å². The second-order valence-electron chi connectivity index (χ2n) is 5.86. The van der Waals surface area contributed by atoms with Crippen LogP contribution in [0.5, 0.6) is 0 Å². The van der Waals surface area contributed by atoms with E-state index >= 15 is 0 Å². The summed E-state index contributed by atoms with van der Waals surface area (Å²) in [6.45, 7) is 1.84. The molecule has 0 bridgehead atoms. The van der Waals surface area contributed by atoms with Crippen molar-refractivity contribution in [2.45, 2.75) is 18.8 Å². The van der Waals surface area contributed by atoms with Crippen molar-refractivity contribution in [3.05, 3.63) is 55.3 Å². The number of nitrogens with one attached hydrogen (secondary N) is 1. The molecule has 0 radical (unpaired) electrons. The second-order valence-corrected chi connectivity index (χ2v) is 5.86. The number of anilines is 3. The topological polar surface area (TPSA) is 92.6 Å². The van der Waals surface area contributed by atoms with E-state index in [-0.39, 0.29) is 5.92 Å². The predicted molar refractivity (Wildman–Crippen MR) is 93.6 cm³/mol. The van der Waals surface area contributed by atoms with Crippen LogP contribution in [0.3, 0.4) is 0 Å². The Kier molecular flexibility index (Phi) is 4.40. The summed E-state index contributed by atoms with van der Waals surface area (Å²) in [6, 6.07) is 1.94. The van der Waals surface area contributed by atoms with Gasteiger partial charge in [0.05, 0.1) is 11.9 Å². The van der Waals surface area contributed by atoms with Crippen LogP contribution < -0.4 is 10.2 Å². The first kappa shape index (κ1) is 15.4. The lowest BCUT2D eigenvalue weighted by atomic mass is 9.94. The van der Waals surface area contributed by atoms with E-state index in [2.05, 4.69) is 40.1 Å². The molecular weight excluding hydrogens is 316 g/mol. The highest BCUT2D eigenvalue weighted by Gasteiger charge is 2.26. The van der Waals surface area contributed by atoms with Crippen LogP contribution >= 0.6 is 0 Å². The molecule has 1 N–H and O–H groups in total. The number of nitrogens with zero attached hydrogens (tertiary/aromatic N) is 7. The summed E-state index contributed by atoms with van der Waals surface area (Å²) in [5, 5.41) is 3.23. The van der Waals surface area contributed by atoms with Crippen molar-refractivity contribution in [3.8, 4) is 0 Å². The summed E-state index contributed by atoms with van der Waals surface area (Å²) in [6.07, 6.45) is 13.9. The Labute approximate surface area is 145 Å². The maximum Gasteiger partial charge on any atom is 0.153 e. The molecule has 0 amide bonds. The van der Waals surface area contributed by atoms with Gasteiger partial charge < -0.3 is 10.2 Å². The van der Waals surface area contributed by atoms with Crippen LogP contribution in [0.25, 0.3) is 0 Å². The predicted octanol–water partition coefficient (Wildman–Crippen LogP) is 2.18. The third-order valence-electron chi connectivity index (χ3n) is 4.23. The van der Waals surface area contributed by atoms with Crippen molar-refractivity contribution < 1.29 is 0 Å². The van der Waals surface area contributed by atoms with Gasteiger partial charge in [-0.2, -0.15) is 0 Å². The molecule has 1 fully saturated rings. The van der Waals surface area contributed by atoms with Gasteiger partial charge in [0.15, 0.2) is 5.82 Å². The number of hydrogen-bond acceptors (Lipinski definition) is 8.